The molecule has 0 radical (unpaired) electrons. The Morgan fingerprint density at radius 3 is 2.24 bits per heavy atom. The lowest BCUT2D eigenvalue weighted by atomic mass is 10.00. The maximum Gasteiger partial charge on any atom is 0.323 e. The highest BCUT2D eigenvalue weighted by atomic mass is 16.5. The average molecular weight is 450 g/mol. The first-order valence-electron chi connectivity index (χ1n) is 12.2. The van der Waals surface area contributed by atoms with Gasteiger partial charge in [0.2, 0.25) is 0 Å². The van der Waals surface area contributed by atoms with Gasteiger partial charge in [-0.3, -0.25) is 9.59 Å². The van der Waals surface area contributed by atoms with E-state index < -0.39 is 0 Å². The Hall–Kier alpha value is -2.86. The predicted octanol–water partition coefficient (Wildman–Crippen LogP) is 3.70. The van der Waals surface area contributed by atoms with Crippen molar-refractivity contribution in [2.24, 2.45) is 0 Å². The fraction of sp³-hybridized carbons (Fsp3) is 0.481. The number of nitrogens with zero attached hydrogens (tertiary/aromatic N) is 1. The first kappa shape index (κ1) is 23.3. The lowest BCUT2D eigenvalue weighted by Gasteiger charge is -2.35. The van der Waals surface area contributed by atoms with Crippen molar-refractivity contribution in [3.63, 3.8) is 0 Å². The quantitative estimate of drug-likeness (QED) is 0.602. The van der Waals surface area contributed by atoms with Crippen LogP contribution in [0, 0.1) is 0 Å². The van der Waals surface area contributed by atoms with E-state index in [0.717, 1.165) is 55.6 Å². The number of hydrogen-bond donors (Lipinski definition) is 2. The van der Waals surface area contributed by atoms with Crippen LogP contribution in [0.2, 0.25) is 0 Å². The molecule has 2 fully saturated rings. The number of benzene rings is 2. The molecule has 1 amide bonds. The Kier molecular flexibility index (Phi) is 8.00. The van der Waals surface area contributed by atoms with Gasteiger partial charge in [-0.2, -0.15) is 0 Å². The minimum absolute atomic E-state index is 0.0311. The summed E-state index contributed by atoms with van der Waals surface area (Å²) in [5.41, 5.74) is 2.98. The summed E-state index contributed by atoms with van der Waals surface area (Å²) in [4.78, 5) is 27.2. The lowest BCUT2D eigenvalue weighted by molar-refractivity contribution is -0.143. The number of ether oxygens (including phenoxy) is 1. The third kappa shape index (κ3) is 6.35. The average Bonchev–Trinajstić information content (AvgIpc) is 3.37. The summed E-state index contributed by atoms with van der Waals surface area (Å²) in [6.45, 7) is 1.81. The van der Waals surface area contributed by atoms with Crippen molar-refractivity contribution in [1.29, 1.82) is 0 Å². The Balaban J connectivity index is 1.28. The molecule has 1 atom stereocenters. The molecule has 2 aromatic carbocycles. The maximum atomic E-state index is 12.5. The second-order valence-electron chi connectivity index (χ2n) is 9.20. The van der Waals surface area contributed by atoms with Gasteiger partial charge in [0, 0.05) is 36.4 Å². The van der Waals surface area contributed by atoms with E-state index in [4.69, 9.17) is 4.74 Å². The first-order valence-corrected chi connectivity index (χ1v) is 12.2. The van der Waals surface area contributed by atoms with E-state index in [2.05, 4.69) is 15.5 Å². The zero-order chi connectivity index (χ0) is 23.0. The number of carbonyl (C=O) groups is 2. The molecule has 0 aromatic heterocycles. The summed E-state index contributed by atoms with van der Waals surface area (Å²) in [5.74, 6) is -0.184. The second kappa shape index (κ2) is 11.3. The highest BCUT2D eigenvalue weighted by Crippen LogP contribution is 2.22. The monoisotopic (exact) mass is 449 g/mol. The summed E-state index contributed by atoms with van der Waals surface area (Å²) in [6.07, 6.45) is 7.13. The second-order valence-corrected chi connectivity index (χ2v) is 9.20. The number of piperidine rings is 1. The van der Waals surface area contributed by atoms with Crippen LogP contribution >= 0.6 is 0 Å². The van der Waals surface area contributed by atoms with Crippen molar-refractivity contribution >= 4 is 17.6 Å². The number of methoxy groups -OCH3 is 1. The molecule has 1 saturated heterocycles. The van der Waals surface area contributed by atoms with Crippen LogP contribution in [0.4, 0.5) is 5.69 Å². The third-order valence-electron chi connectivity index (χ3n) is 6.89. The van der Waals surface area contributed by atoms with Crippen LogP contribution in [0.5, 0.6) is 0 Å². The number of anilines is 1. The third-order valence-corrected chi connectivity index (χ3v) is 6.89. The van der Waals surface area contributed by atoms with Gasteiger partial charge in [-0.05, 0) is 61.9 Å². The molecule has 2 aliphatic rings. The fourth-order valence-corrected chi connectivity index (χ4v) is 4.95. The minimum Gasteiger partial charge on any atom is -0.468 e. The fourth-order valence-electron chi connectivity index (χ4n) is 4.95. The van der Waals surface area contributed by atoms with Gasteiger partial charge >= 0.3 is 5.97 Å². The Morgan fingerprint density at radius 2 is 1.61 bits per heavy atom. The van der Waals surface area contributed by atoms with Gasteiger partial charge in [0.15, 0.2) is 0 Å². The molecule has 1 aliphatic carbocycles. The van der Waals surface area contributed by atoms with Crippen LogP contribution in [0.3, 0.4) is 0 Å². The van der Waals surface area contributed by atoms with E-state index in [1.54, 1.807) is 0 Å². The van der Waals surface area contributed by atoms with Crippen molar-refractivity contribution in [2.75, 3.05) is 25.1 Å². The number of nitrogens with one attached hydrogen (secondary N) is 2. The smallest absolute Gasteiger partial charge is 0.323 e. The molecular formula is C27H35N3O3. The van der Waals surface area contributed by atoms with Crippen LogP contribution < -0.4 is 15.5 Å². The Morgan fingerprint density at radius 1 is 0.939 bits per heavy atom. The molecule has 176 valence electrons. The van der Waals surface area contributed by atoms with Crippen molar-refractivity contribution in [3.8, 4) is 0 Å². The van der Waals surface area contributed by atoms with Gasteiger partial charge in [0.05, 0.1) is 7.11 Å². The van der Waals surface area contributed by atoms with Gasteiger partial charge in [-0.25, -0.2) is 0 Å². The molecule has 0 unspecified atom stereocenters. The van der Waals surface area contributed by atoms with E-state index in [1.807, 2.05) is 54.6 Å². The largest absolute Gasteiger partial charge is 0.468 e. The van der Waals surface area contributed by atoms with Gasteiger partial charge < -0.3 is 20.3 Å². The van der Waals surface area contributed by atoms with Crippen molar-refractivity contribution in [3.05, 3.63) is 65.7 Å². The molecule has 1 saturated carbocycles. The lowest BCUT2D eigenvalue weighted by Crippen LogP contribution is -2.50. The SMILES string of the molecule is COC(=O)[C@H](Cc1ccccc1)NC1CCN(c2ccc(C(=O)NC3CCCC3)cc2)CC1. The van der Waals surface area contributed by atoms with Crippen molar-refractivity contribution in [1.82, 2.24) is 10.6 Å². The number of rotatable bonds is 8. The Labute approximate surface area is 196 Å². The minimum atomic E-state index is -0.341. The first-order chi connectivity index (χ1) is 16.1. The summed E-state index contributed by atoms with van der Waals surface area (Å²) < 4.78 is 5.04. The van der Waals surface area contributed by atoms with Crippen LogP contribution in [0.15, 0.2) is 54.6 Å². The molecule has 1 heterocycles. The Bertz CT molecular complexity index is 902. The van der Waals surface area contributed by atoms with Crippen molar-refractivity contribution in [2.45, 2.75) is 63.1 Å². The molecule has 0 spiro atoms. The van der Waals surface area contributed by atoms with E-state index >= 15 is 0 Å². The van der Waals surface area contributed by atoms with Gasteiger partial charge in [-0.15, -0.1) is 0 Å². The normalized spacial score (nSPS) is 18.2. The molecular weight excluding hydrogens is 414 g/mol. The number of carbonyl (C=O) groups excluding carboxylic acids is 2. The topological polar surface area (TPSA) is 70.7 Å². The van der Waals surface area contributed by atoms with Crippen molar-refractivity contribution < 1.29 is 14.3 Å². The molecule has 0 bridgehead atoms. The predicted molar refractivity (Wildman–Crippen MR) is 130 cm³/mol. The molecule has 4 rings (SSSR count). The highest BCUT2D eigenvalue weighted by Gasteiger charge is 2.26. The zero-order valence-electron chi connectivity index (χ0n) is 19.5. The molecule has 2 aromatic rings. The van der Waals surface area contributed by atoms with Crippen LogP contribution in [0.1, 0.15) is 54.4 Å². The summed E-state index contributed by atoms with van der Waals surface area (Å²) in [7, 11) is 1.45. The molecule has 33 heavy (non-hydrogen) atoms. The summed E-state index contributed by atoms with van der Waals surface area (Å²) in [5, 5.41) is 6.68. The summed E-state index contributed by atoms with van der Waals surface area (Å²) >= 11 is 0. The molecule has 2 N–H and O–H groups in total. The van der Waals surface area contributed by atoms with Crippen LogP contribution in [0.25, 0.3) is 0 Å². The van der Waals surface area contributed by atoms with Crippen LogP contribution in [-0.4, -0.2) is 50.2 Å². The van der Waals surface area contributed by atoms with E-state index in [0.29, 0.717) is 12.5 Å². The molecule has 6 nitrogen and oxygen atoms in total. The van der Waals surface area contributed by atoms with E-state index in [-0.39, 0.29) is 24.0 Å². The van der Waals surface area contributed by atoms with Gasteiger partial charge in [0.1, 0.15) is 6.04 Å². The van der Waals surface area contributed by atoms with Gasteiger partial charge in [-0.1, -0.05) is 43.2 Å². The van der Waals surface area contributed by atoms with E-state index in [9.17, 15) is 9.59 Å². The molecule has 1 aliphatic heterocycles. The number of hydrogen-bond acceptors (Lipinski definition) is 5. The van der Waals surface area contributed by atoms with Crippen LogP contribution in [-0.2, 0) is 16.0 Å². The highest BCUT2D eigenvalue weighted by molar-refractivity contribution is 5.94. The zero-order valence-corrected chi connectivity index (χ0v) is 19.5. The van der Waals surface area contributed by atoms with E-state index in [1.165, 1.54) is 20.0 Å². The summed E-state index contributed by atoms with van der Waals surface area (Å²) in [6, 6.07) is 18.3. The maximum absolute atomic E-state index is 12.5. The number of esters is 1. The number of amides is 1. The molecule has 6 heteroatoms. The standard InChI is InChI=1S/C27H35N3O3/c1-33-27(32)25(19-20-7-3-2-4-8-20)28-23-15-17-30(18-16-23)24-13-11-21(12-14-24)26(31)29-22-9-5-6-10-22/h2-4,7-8,11-14,22-23,25,28H,5-6,9-10,15-19H2,1H3,(H,29,31)/t25-/m0/s1. The van der Waals surface area contributed by atoms with Gasteiger partial charge in [0.25, 0.3) is 5.91 Å².